The molecule has 5 aliphatic carbocycles. The Labute approximate surface area is 324 Å². The molecule has 7 rings (SSSR count). The summed E-state index contributed by atoms with van der Waals surface area (Å²) in [7, 11) is 0. The van der Waals surface area contributed by atoms with Gasteiger partial charge in [-0.15, -0.1) is 0 Å². The van der Waals surface area contributed by atoms with Gasteiger partial charge in [0, 0.05) is 29.8 Å². The largest absolute Gasteiger partial charge is 0.465 e. The number of carbonyl (C=O) groups excluding carboxylic acids is 2. The molecule has 5 saturated carbocycles. The SMILES string of the molecule is C=C(C)[C@@H]1CC[C@]2(COC(=O)CCCC3CCCCN3)CC[C@]3(C)C(CCC4[C@@]5(C)CC[C@H](OC(=O)CCN6CCCCC6)C(C)(C)C5CC[C@]43C)C12. The molecule has 53 heavy (non-hydrogen) atoms. The van der Waals surface area contributed by atoms with E-state index in [1.54, 1.807) is 0 Å². The fourth-order valence-electron chi connectivity index (χ4n) is 15.3. The highest BCUT2D eigenvalue weighted by Crippen LogP contribution is 2.77. The van der Waals surface area contributed by atoms with Crippen molar-refractivity contribution in [3.05, 3.63) is 12.2 Å². The van der Waals surface area contributed by atoms with Crippen LogP contribution in [0.2, 0.25) is 0 Å². The Morgan fingerprint density at radius 2 is 1.57 bits per heavy atom. The van der Waals surface area contributed by atoms with Crippen molar-refractivity contribution in [1.82, 2.24) is 10.2 Å². The molecular formula is C47H78N2O4. The molecule has 11 atom stereocenters. The molecule has 0 spiro atoms. The molecule has 2 heterocycles. The Kier molecular flexibility index (Phi) is 11.7. The van der Waals surface area contributed by atoms with Crippen LogP contribution in [0.4, 0.5) is 0 Å². The molecule has 0 aromatic heterocycles. The van der Waals surface area contributed by atoms with E-state index in [1.807, 2.05) is 0 Å². The average molecular weight is 735 g/mol. The van der Waals surface area contributed by atoms with Gasteiger partial charge in [-0.1, -0.05) is 59.6 Å². The van der Waals surface area contributed by atoms with Crippen molar-refractivity contribution in [3.8, 4) is 0 Å². The number of allylic oxidation sites excluding steroid dienone is 1. The van der Waals surface area contributed by atoms with E-state index in [0.717, 1.165) is 45.4 Å². The molecule has 0 aromatic carbocycles. The van der Waals surface area contributed by atoms with E-state index in [1.165, 1.54) is 102 Å². The number of carbonyl (C=O) groups is 2. The number of ether oxygens (including phenoxy) is 2. The maximum atomic E-state index is 13.3. The Morgan fingerprint density at radius 1 is 0.774 bits per heavy atom. The monoisotopic (exact) mass is 735 g/mol. The number of hydrogen-bond acceptors (Lipinski definition) is 6. The zero-order chi connectivity index (χ0) is 37.6. The lowest BCUT2D eigenvalue weighted by molar-refractivity contribution is -0.252. The number of nitrogens with zero attached hydrogens (tertiary/aromatic N) is 1. The van der Waals surface area contributed by atoms with Gasteiger partial charge in [0.25, 0.3) is 0 Å². The van der Waals surface area contributed by atoms with Crippen LogP contribution in [0.3, 0.4) is 0 Å². The van der Waals surface area contributed by atoms with Crippen molar-refractivity contribution in [3.63, 3.8) is 0 Å². The fraction of sp³-hybridized carbons (Fsp3) is 0.915. The summed E-state index contributed by atoms with van der Waals surface area (Å²) < 4.78 is 12.7. The first-order valence-electron chi connectivity index (χ1n) is 22.7. The van der Waals surface area contributed by atoms with Crippen LogP contribution in [0.5, 0.6) is 0 Å². The number of likely N-dealkylation sites (tertiary alicyclic amines) is 1. The molecule has 7 aliphatic rings. The summed E-state index contributed by atoms with van der Waals surface area (Å²) in [5.74, 6) is 3.01. The maximum Gasteiger partial charge on any atom is 0.307 e. The van der Waals surface area contributed by atoms with Crippen molar-refractivity contribution >= 4 is 11.9 Å². The van der Waals surface area contributed by atoms with Gasteiger partial charge < -0.3 is 19.7 Å². The summed E-state index contributed by atoms with van der Waals surface area (Å²) in [4.78, 5) is 28.9. The van der Waals surface area contributed by atoms with E-state index in [2.05, 4.69) is 58.3 Å². The molecule has 7 fully saturated rings. The smallest absolute Gasteiger partial charge is 0.307 e. The number of rotatable bonds is 11. The zero-order valence-corrected chi connectivity index (χ0v) is 35.0. The highest BCUT2D eigenvalue weighted by atomic mass is 16.5. The van der Waals surface area contributed by atoms with Gasteiger partial charge in [0.05, 0.1) is 13.0 Å². The second-order valence-corrected chi connectivity index (χ2v) is 21.2. The Balaban J connectivity index is 1.03. The molecule has 0 radical (unpaired) electrons. The van der Waals surface area contributed by atoms with Gasteiger partial charge in [-0.25, -0.2) is 0 Å². The lowest BCUT2D eigenvalue weighted by atomic mass is 9.32. The lowest BCUT2D eigenvalue weighted by Crippen LogP contribution is -2.67. The molecule has 0 amide bonds. The predicted octanol–water partition coefficient (Wildman–Crippen LogP) is 10.3. The van der Waals surface area contributed by atoms with E-state index >= 15 is 0 Å². The minimum absolute atomic E-state index is 0.0162. The Hall–Kier alpha value is -1.40. The van der Waals surface area contributed by atoms with Crippen LogP contribution in [-0.4, -0.2) is 61.8 Å². The van der Waals surface area contributed by atoms with Gasteiger partial charge in [0.2, 0.25) is 0 Å². The topological polar surface area (TPSA) is 67.9 Å². The van der Waals surface area contributed by atoms with Gasteiger partial charge in [0.1, 0.15) is 6.10 Å². The minimum Gasteiger partial charge on any atom is -0.465 e. The summed E-state index contributed by atoms with van der Waals surface area (Å²) in [5.41, 5.74) is 2.20. The number of fused-ring (bicyclic) bond motifs is 7. The molecule has 6 heteroatoms. The Morgan fingerprint density at radius 3 is 2.30 bits per heavy atom. The van der Waals surface area contributed by atoms with Gasteiger partial charge >= 0.3 is 11.9 Å². The van der Waals surface area contributed by atoms with Gasteiger partial charge in [-0.05, 0) is 175 Å². The van der Waals surface area contributed by atoms with Gasteiger partial charge in [-0.2, -0.15) is 0 Å². The van der Waals surface area contributed by atoms with Crippen LogP contribution in [0.1, 0.15) is 170 Å². The van der Waals surface area contributed by atoms with Gasteiger partial charge in [0.15, 0.2) is 0 Å². The second kappa shape index (κ2) is 15.5. The summed E-state index contributed by atoms with van der Waals surface area (Å²) in [6, 6.07) is 0.577. The van der Waals surface area contributed by atoms with E-state index < -0.39 is 0 Å². The molecule has 2 aliphatic heterocycles. The third kappa shape index (κ3) is 7.23. The maximum absolute atomic E-state index is 13.3. The van der Waals surface area contributed by atoms with Crippen LogP contribution in [0.15, 0.2) is 12.2 Å². The van der Waals surface area contributed by atoms with Crippen molar-refractivity contribution in [2.45, 2.75) is 182 Å². The molecule has 5 unspecified atom stereocenters. The summed E-state index contributed by atoms with van der Waals surface area (Å²) in [6.45, 7) is 24.7. The fourth-order valence-corrected chi connectivity index (χ4v) is 15.3. The average Bonchev–Trinajstić information content (AvgIpc) is 3.53. The van der Waals surface area contributed by atoms with Crippen molar-refractivity contribution in [2.24, 2.45) is 56.7 Å². The van der Waals surface area contributed by atoms with E-state index in [9.17, 15) is 9.59 Å². The lowest BCUT2D eigenvalue weighted by Gasteiger charge is -2.73. The predicted molar refractivity (Wildman–Crippen MR) is 214 cm³/mol. The Bertz CT molecular complexity index is 1330. The highest BCUT2D eigenvalue weighted by Gasteiger charge is 2.71. The first-order valence-corrected chi connectivity index (χ1v) is 22.7. The van der Waals surface area contributed by atoms with Crippen molar-refractivity contribution in [1.29, 1.82) is 0 Å². The van der Waals surface area contributed by atoms with Crippen LogP contribution in [0.25, 0.3) is 0 Å². The van der Waals surface area contributed by atoms with Crippen LogP contribution < -0.4 is 5.32 Å². The summed E-state index contributed by atoms with van der Waals surface area (Å²) >= 11 is 0. The van der Waals surface area contributed by atoms with E-state index in [0.29, 0.717) is 55.1 Å². The molecule has 300 valence electrons. The zero-order valence-electron chi connectivity index (χ0n) is 35.0. The quantitative estimate of drug-likeness (QED) is 0.168. The van der Waals surface area contributed by atoms with E-state index in [-0.39, 0.29) is 45.1 Å². The van der Waals surface area contributed by atoms with Crippen LogP contribution in [-0.2, 0) is 19.1 Å². The molecule has 6 nitrogen and oxygen atoms in total. The second-order valence-electron chi connectivity index (χ2n) is 21.2. The number of piperidine rings is 2. The van der Waals surface area contributed by atoms with Gasteiger partial charge in [-0.3, -0.25) is 9.59 Å². The third-order valence-electron chi connectivity index (χ3n) is 18.4. The summed E-state index contributed by atoms with van der Waals surface area (Å²) in [5, 5.41) is 3.64. The first-order chi connectivity index (χ1) is 25.2. The minimum atomic E-state index is -0.0259. The standard InChI is InChI=1S/C47H78N2O4/c1-33(2)35-19-25-47(32-52-40(50)16-13-15-34-14-9-10-28-48-34)27-26-45(6)36(42(35)47)17-18-38-44(5)23-21-39(43(3,4)37(44)20-24-46(38,45)7)53-41(51)22-31-49-29-11-8-12-30-49/h34-39,42,48H,1,8-32H2,2-7H3/t34?,35-,36?,37?,38?,39-,42?,44-,45+,46+,47+/m0/s1. The van der Waals surface area contributed by atoms with Crippen LogP contribution in [0, 0.1) is 56.7 Å². The molecule has 1 N–H and O–H groups in total. The highest BCUT2D eigenvalue weighted by molar-refractivity contribution is 5.70. The molecular weight excluding hydrogens is 657 g/mol. The molecule has 0 aromatic rings. The van der Waals surface area contributed by atoms with E-state index in [4.69, 9.17) is 9.47 Å². The molecule has 2 saturated heterocycles. The third-order valence-corrected chi connectivity index (χ3v) is 18.4. The van der Waals surface area contributed by atoms with Crippen LogP contribution >= 0.6 is 0 Å². The number of nitrogens with one attached hydrogen (secondary N) is 1. The normalized spacial score (nSPS) is 43.8. The molecule has 0 bridgehead atoms. The number of esters is 2. The van der Waals surface area contributed by atoms with Crippen molar-refractivity contribution in [2.75, 3.05) is 32.8 Å². The summed E-state index contributed by atoms with van der Waals surface area (Å²) in [6.07, 6.45) is 22.8. The van der Waals surface area contributed by atoms with Crippen molar-refractivity contribution < 1.29 is 19.1 Å². The number of hydrogen-bond donors (Lipinski definition) is 1. The first kappa shape index (κ1) is 39.8.